The molecular weight excluding hydrogens is 250 g/mol. The summed E-state index contributed by atoms with van der Waals surface area (Å²) in [6, 6.07) is 15.3. The molecule has 0 aliphatic rings. The second-order valence-corrected chi connectivity index (χ2v) is 5.92. The van der Waals surface area contributed by atoms with Crippen LogP contribution < -0.4 is 5.32 Å². The third-order valence-electron chi connectivity index (χ3n) is 3.17. The van der Waals surface area contributed by atoms with E-state index in [1.165, 1.54) is 26.5 Å². The van der Waals surface area contributed by atoms with Crippen molar-refractivity contribution in [3.8, 4) is 0 Å². The number of nitrogens with one attached hydrogen (secondary N) is 1. The highest BCUT2D eigenvalue weighted by Gasteiger charge is 2.05. The molecule has 0 fully saturated rings. The normalized spacial score (nSPS) is 10.7. The molecule has 0 atom stereocenters. The van der Waals surface area contributed by atoms with E-state index >= 15 is 0 Å². The Labute approximate surface area is 120 Å². The zero-order valence-corrected chi connectivity index (χ0v) is 12.7. The Morgan fingerprint density at radius 3 is 2.53 bits per heavy atom. The minimum absolute atomic E-state index is 1.02. The van der Waals surface area contributed by atoms with Crippen LogP contribution in [0.25, 0.3) is 0 Å². The van der Waals surface area contributed by atoms with Gasteiger partial charge in [-0.15, -0.1) is 0 Å². The van der Waals surface area contributed by atoms with E-state index in [1.807, 2.05) is 18.8 Å². The van der Waals surface area contributed by atoms with Crippen LogP contribution in [-0.2, 0) is 6.42 Å². The average Bonchev–Trinajstić information content (AvgIpc) is 2.41. The Morgan fingerprint density at radius 2 is 1.79 bits per heavy atom. The second kappa shape index (κ2) is 6.78. The first kappa shape index (κ1) is 14.2. The third-order valence-corrected chi connectivity index (χ3v) is 4.46. The summed E-state index contributed by atoms with van der Waals surface area (Å²) in [5.74, 6) is 0. The van der Waals surface area contributed by atoms with Crippen LogP contribution in [0, 0.1) is 13.8 Å². The van der Waals surface area contributed by atoms with Gasteiger partial charge in [-0.3, -0.25) is 0 Å². The van der Waals surface area contributed by atoms with Crippen molar-refractivity contribution in [2.45, 2.75) is 30.1 Å². The molecule has 2 heteroatoms. The maximum atomic E-state index is 3.22. The molecule has 0 amide bonds. The standard InChI is InChI=1S/C17H21NS/c1-13-8-9-16(14(2)12-13)19-17-7-5-4-6-15(17)10-11-18-3/h4-9,12,18H,10-11H2,1-3H3. The van der Waals surface area contributed by atoms with E-state index in [4.69, 9.17) is 0 Å². The number of rotatable bonds is 5. The molecule has 0 aliphatic carbocycles. The van der Waals surface area contributed by atoms with E-state index in [-0.39, 0.29) is 0 Å². The topological polar surface area (TPSA) is 12.0 Å². The molecule has 0 saturated heterocycles. The fraction of sp³-hybridized carbons (Fsp3) is 0.294. The van der Waals surface area contributed by atoms with Crippen molar-refractivity contribution < 1.29 is 0 Å². The molecule has 2 rings (SSSR count). The van der Waals surface area contributed by atoms with Gasteiger partial charge >= 0.3 is 0 Å². The van der Waals surface area contributed by atoms with Gasteiger partial charge < -0.3 is 5.32 Å². The largest absolute Gasteiger partial charge is 0.319 e. The minimum Gasteiger partial charge on any atom is -0.319 e. The quantitative estimate of drug-likeness (QED) is 0.874. The van der Waals surface area contributed by atoms with Crippen molar-refractivity contribution in [1.82, 2.24) is 5.32 Å². The Hall–Kier alpha value is -1.25. The Morgan fingerprint density at radius 1 is 1.00 bits per heavy atom. The smallest absolute Gasteiger partial charge is 0.0154 e. The Balaban J connectivity index is 2.22. The fourth-order valence-electron chi connectivity index (χ4n) is 2.10. The van der Waals surface area contributed by atoms with E-state index in [0.29, 0.717) is 0 Å². The summed E-state index contributed by atoms with van der Waals surface area (Å²) in [6.07, 6.45) is 1.07. The second-order valence-electron chi connectivity index (χ2n) is 4.83. The maximum Gasteiger partial charge on any atom is 0.0154 e. The summed E-state index contributed by atoms with van der Waals surface area (Å²) >= 11 is 1.87. The average molecular weight is 271 g/mol. The summed E-state index contributed by atoms with van der Waals surface area (Å²) in [7, 11) is 2.00. The first-order chi connectivity index (χ1) is 9.20. The highest BCUT2D eigenvalue weighted by molar-refractivity contribution is 7.99. The van der Waals surface area contributed by atoms with Crippen LogP contribution in [0.4, 0.5) is 0 Å². The molecule has 100 valence electrons. The van der Waals surface area contributed by atoms with Gasteiger partial charge in [0, 0.05) is 9.79 Å². The molecule has 2 aromatic carbocycles. The van der Waals surface area contributed by atoms with Crippen LogP contribution in [0.3, 0.4) is 0 Å². The minimum atomic E-state index is 1.02. The number of likely N-dealkylation sites (N-methyl/N-ethyl adjacent to an activating group) is 1. The Kier molecular flexibility index (Phi) is 5.06. The number of hydrogen-bond donors (Lipinski definition) is 1. The van der Waals surface area contributed by atoms with Gasteiger partial charge in [-0.05, 0) is 57.1 Å². The molecule has 0 aliphatic heterocycles. The molecule has 0 saturated carbocycles. The third kappa shape index (κ3) is 3.85. The predicted octanol–water partition coefficient (Wildman–Crippen LogP) is 4.22. The van der Waals surface area contributed by atoms with Gasteiger partial charge in [-0.2, -0.15) is 0 Å². The highest BCUT2D eigenvalue weighted by Crippen LogP contribution is 2.33. The van der Waals surface area contributed by atoms with Gasteiger partial charge in [0.25, 0.3) is 0 Å². The lowest BCUT2D eigenvalue weighted by Crippen LogP contribution is -2.10. The van der Waals surface area contributed by atoms with E-state index in [9.17, 15) is 0 Å². The Bertz CT molecular complexity index is 549. The van der Waals surface area contributed by atoms with E-state index in [1.54, 1.807) is 0 Å². The van der Waals surface area contributed by atoms with Crippen molar-refractivity contribution in [1.29, 1.82) is 0 Å². The van der Waals surface area contributed by atoms with Gasteiger partial charge in [-0.1, -0.05) is 47.7 Å². The summed E-state index contributed by atoms with van der Waals surface area (Å²) < 4.78 is 0. The lowest BCUT2D eigenvalue weighted by atomic mass is 10.1. The van der Waals surface area contributed by atoms with E-state index < -0.39 is 0 Å². The molecule has 2 aromatic rings. The van der Waals surface area contributed by atoms with E-state index in [2.05, 4.69) is 61.6 Å². The van der Waals surface area contributed by atoms with Crippen molar-refractivity contribution in [3.63, 3.8) is 0 Å². The molecule has 0 unspecified atom stereocenters. The van der Waals surface area contributed by atoms with Crippen LogP contribution >= 0.6 is 11.8 Å². The van der Waals surface area contributed by atoms with Crippen molar-refractivity contribution in [2.75, 3.05) is 13.6 Å². The van der Waals surface area contributed by atoms with Crippen LogP contribution in [-0.4, -0.2) is 13.6 Å². The summed E-state index contributed by atoms with van der Waals surface area (Å²) in [5, 5.41) is 3.22. The molecule has 0 heterocycles. The molecule has 0 spiro atoms. The summed E-state index contributed by atoms with van der Waals surface area (Å²) in [4.78, 5) is 2.72. The summed E-state index contributed by atoms with van der Waals surface area (Å²) in [6.45, 7) is 5.35. The van der Waals surface area contributed by atoms with Gasteiger partial charge in [0.2, 0.25) is 0 Å². The molecular formula is C17H21NS. The predicted molar refractivity (Wildman–Crippen MR) is 84.1 cm³/mol. The molecule has 1 N–H and O–H groups in total. The van der Waals surface area contributed by atoms with Crippen LogP contribution in [0.5, 0.6) is 0 Å². The van der Waals surface area contributed by atoms with Crippen molar-refractivity contribution in [2.24, 2.45) is 0 Å². The molecule has 0 aromatic heterocycles. The zero-order chi connectivity index (χ0) is 13.7. The number of benzene rings is 2. The summed E-state index contributed by atoms with van der Waals surface area (Å²) in [5.41, 5.74) is 4.10. The van der Waals surface area contributed by atoms with Gasteiger partial charge in [0.05, 0.1) is 0 Å². The molecule has 1 nitrogen and oxygen atoms in total. The fourth-order valence-corrected chi connectivity index (χ4v) is 3.14. The number of aryl methyl sites for hydroxylation is 2. The van der Waals surface area contributed by atoms with Crippen molar-refractivity contribution >= 4 is 11.8 Å². The lowest BCUT2D eigenvalue weighted by Gasteiger charge is -2.11. The van der Waals surface area contributed by atoms with Crippen LogP contribution in [0.1, 0.15) is 16.7 Å². The monoisotopic (exact) mass is 271 g/mol. The SMILES string of the molecule is CNCCc1ccccc1Sc1ccc(C)cc1C. The molecule has 0 radical (unpaired) electrons. The van der Waals surface area contributed by atoms with Gasteiger partial charge in [0.15, 0.2) is 0 Å². The van der Waals surface area contributed by atoms with Crippen LogP contribution in [0.15, 0.2) is 52.3 Å². The van der Waals surface area contributed by atoms with Crippen molar-refractivity contribution in [3.05, 3.63) is 59.2 Å². The molecule has 0 bridgehead atoms. The zero-order valence-electron chi connectivity index (χ0n) is 11.9. The first-order valence-corrected chi connectivity index (χ1v) is 7.50. The van der Waals surface area contributed by atoms with Crippen LogP contribution in [0.2, 0.25) is 0 Å². The van der Waals surface area contributed by atoms with Gasteiger partial charge in [0.1, 0.15) is 0 Å². The van der Waals surface area contributed by atoms with E-state index in [0.717, 1.165) is 13.0 Å². The first-order valence-electron chi connectivity index (χ1n) is 6.68. The van der Waals surface area contributed by atoms with Gasteiger partial charge in [-0.25, -0.2) is 0 Å². The number of hydrogen-bond acceptors (Lipinski definition) is 2. The highest BCUT2D eigenvalue weighted by atomic mass is 32.2. The lowest BCUT2D eigenvalue weighted by molar-refractivity contribution is 0.783. The molecule has 19 heavy (non-hydrogen) atoms. The maximum absolute atomic E-state index is 3.22.